The number of ether oxygens (including phenoxy) is 1. The first-order valence-electron chi connectivity index (χ1n) is 5.01. The average Bonchev–Trinajstić information content (AvgIpc) is 2.14. The lowest BCUT2D eigenvalue weighted by molar-refractivity contribution is 0.120. The van der Waals surface area contributed by atoms with Crippen molar-refractivity contribution in [3.63, 3.8) is 0 Å². The molecule has 1 aliphatic carbocycles. The van der Waals surface area contributed by atoms with Crippen molar-refractivity contribution < 1.29 is 4.74 Å². The van der Waals surface area contributed by atoms with Crippen LogP contribution in [0.4, 0.5) is 0 Å². The van der Waals surface area contributed by atoms with Gasteiger partial charge in [-0.1, -0.05) is 12.1 Å². The Morgan fingerprint density at radius 2 is 2.00 bits per heavy atom. The smallest absolute Gasteiger partial charge is 0.119 e. The Kier molecular flexibility index (Phi) is 2.69. The van der Waals surface area contributed by atoms with Gasteiger partial charge in [0.15, 0.2) is 0 Å². The third-order valence-electron chi connectivity index (χ3n) is 2.56. The highest BCUT2D eigenvalue weighted by molar-refractivity contribution is 5.28. The normalized spacial score (nSPS) is 15.6. The minimum absolute atomic E-state index is 0.428. The fourth-order valence-corrected chi connectivity index (χ4v) is 1.46. The van der Waals surface area contributed by atoms with Crippen LogP contribution in [0.25, 0.3) is 0 Å². The maximum atomic E-state index is 8.50. The molecule has 2 rings (SSSR count). The number of hydrogen-bond acceptors (Lipinski definition) is 2. The molecule has 0 N–H and O–H groups in total. The summed E-state index contributed by atoms with van der Waals surface area (Å²) in [6.45, 7) is 0. The molecule has 1 aromatic carbocycles. The maximum absolute atomic E-state index is 8.50. The van der Waals surface area contributed by atoms with Gasteiger partial charge in [-0.15, -0.1) is 0 Å². The topological polar surface area (TPSA) is 33.0 Å². The Labute approximate surface area is 84.1 Å². The number of benzene rings is 1. The molecule has 0 aliphatic heterocycles. The molecule has 0 heterocycles. The summed E-state index contributed by atoms with van der Waals surface area (Å²) in [5.74, 6) is 0.927. The maximum Gasteiger partial charge on any atom is 0.119 e. The number of nitrogens with zero attached hydrogens (tertiary/aromatic N) is 1. The van der Waals surface area contributed by atoms with Gasteiger partial charge in [-0.05, 0) is 37.0 Å². The van der Waals surface area contributed by atoms with Gasteiger partial charge in [0.05, 0.1) is 18.6 Å². The van der Waals surface area contributed by atoms with Crippen LogP contribution in [0.1, 0.15) is 24.8 Å². The van der Waals surface area contributed by atoms with E-state index >= 15 is 0 Å². The quantitative estimate of drug-likeness (QED) is 0.728. The number of hydrogen-bond donors (Lipinski definition) is 0. The fourth-order valence-electron chi connectivity index (χ4n) is 1.46. The second kappa shape index (κ2) is 4.15. The molecule has 1 aromatic rings. The van der Waals surface area contributed by atoms with Crippen molar-refractivity contribution >= 4 is 0 Å². The summed E-state index contributed by atoms with van der Waals surface area (Å²) in [5.41, 5.74) is 1.05. The van der Waals surface area contributed by atoms with E-state index in [0.29, 0.717) is 12.5 Å². The largest absolute Gasteiger partial charge is 0.490 e. The second-order valence-electron chi connectivity index (χ2n) is 3.65. The lowest BCUT2D eigenvalue weighted by Gasteiger charge is -2.26. The first-order valence-corrected chi connectivity index (χ1v) is 5.01. The van der Waals surface area contributed by atoms with E-state index in [9.17, 15) is 0 Å². The zero-order valence-electron chi connectivity index (χ0n) is 8.07. The first kappa shape index (κ1) is 9.08. The molecule has 1 saturated carbocycles. The predicted molar refractivity (Wildman–Crippen MR) is 54.0 cm³/mol. The first-order chi connectivity index (χ1) is 6.88. The Bertz CT molecular complexity index is 332. The van der Waals surface area contributed by atoms with Gasteiger partial charge in [0.1, 0.15) is 5.75 Å². The van der Waals surface area contributed by atoms with Gasteiger partial charge < -0.3 is 4.74 Å². The highest BCUT2D eigenvalue weighted by Crippen LogP contribution is 2.25. The standard InChI is InChI=1S/C12H13NO/c13-9-8-10-4-6-12(7-5-10)14-11-2-1-3-11/h4-7,11H,1-3,8H2. The zero-order valence-corrected chi connectivity index (χ0v) is 8.07. The SMILES string of the molecule is N#CCc1ccc(OC2CCC2)cc1. The molecule has 0 aromatic heterocycles. The molecular formula is C12H13NO. The van der Waals surface area contributed by atoms with E-state index in [1.807, 2.05) is 24.3 Å². The lowest BCUT2D eigenvalue weighted by Crippen LogP contribution is -2.24. The predicted octanol–water partition coefficient (Wildman–Crippen LogP) is 2.68. The van der Waals surface area contributed by atoms with E-state index < -0.39 is 0 Å². The molecule has 0 bridgehead atoms. The highest BCUT2D eigenvalue weighted by atomic mass is 16.5. The number of nitriles is 1. The molecule has 0 amide bonds. The minimum Gasteiger partial charge on any atom is -0.490 e. The third kappa shape index (κ3) is 2.05. The summed E-state index contributed by atoms with van der Waals surface area (Å²) in [6, 6.07) is 9.94. The monoisotopic (exact) mass is 187 g/mol. The van der Waals surface area contributed by atoms with Crippen LogP contribution < -0.4 is 4.74 Å². The lowest BCUT2D eigenvalue weighted by atomic mass is 9.96. The van der Waals surface area contributed by atoms with Gasteiger partial charge in [0.2, 0.25) is 0 Å². The van der Waals surface area contributed by atoms with Crippen molar-refractivity contribution in [2.45, 2.75) is 31.8 Å². The average molecular weight is 187 g/mol. The van der Waals surface area contributed by atoms with Crippen LogP contribution in [0.3, 0.4) is 0 Å². The van der Waals surface area contributed by atoms with E-state index in [1.165, 1.54) is 19.3 Å². The second-order valence-corrected chi connectivity index (χ2v) is 3.65. The molecule has 1 aliphatic rings. The van der Waals surface area contributed by atoms with Crippen molar-refractivity contribution in [1.29, 1.82) is 5.26 Å². The van der Waals surface area contributed by atoms with Gasteiger partial charge in [-0.2, -0.15) is 5.26 Å². The van der Waals surface area contributed by atoms with Gasteiger partial charge in [0, 0.05) is 0 Å². The van der Waals surface area contributed by atoms with Gasteiger partial charge >= 0.3 is 0 Å². The molecule has 14 heavy (non-hydrogen) atoms. The van der Waals surface area contributed by atoms with Gasteiger partial charge in [-0.25, -0.2) is 0 Å². The van der Waals surface area contributed by atoms with Crippen molar-refractivity contribution in [2.24, 2.45) is 0 Å². The van der Waals surface area contributed by atoms with E-state index in [0.717, 1.165) is 11.3 Å². The molecule has 2 nitrogen and oxygen atoms in total. The molecule has 72 valence electrons. The van der Waals surface area contributed by atoms with Crippen molar-refractivity contribution in [3.8, 4) is 11.8 Å². The summed E-state index contributed by atoms with van der Waals surface area (Å²) in [4.78, 5) is 0. The molecule has 0 saturated heterocycles. The molecule has 0 radical (unpaired) electrons. The van der Waals surface area contributed by atoms with Crippen LogP contribution in [-0.4, -0.2) is 6.10 Å². The summed E-state index contributed by atoms with van der Waals surface area (Å²) < 4.78 is 5.70. The summed E-state index contributed by atoms with van der Waals surface area (Å²) >= 11 is 0. The van der Waals surface area contributed by atoms with Crippen LogP contribution in [0.15, 0.2) is 24.3 Å². The Balaban J connectivity index is 1.95. The Morgan fingerprint density at radius 1 is 1.29 bits per heavy atom. The molecule has 0 spiro atoms. The van der Waals surface area contributed by atoms with Crippen molar-refractivity contribution in [2.75, 3.05) is 0 Å². The Morgan fingerprint density at radius 3 is 2.50 bits per heavy atom. The van der Waals surface area contributed by atoms with Crippen LogP contribution in [0, 0.1) is 11.3 Å². The molecule has 1 fully saturated rings. The summed E-state index contributed by atoms with van der Waals surface area (Å²) in [5, 5.41) is 8.50. The van der Waals surface area contributed by atoms with Crippen molar-refractivity contribution in [1.82, 2.24) is 0 Å². The van der Waals surface area contributed by atoms with Crippen LogP contribution in [-0.2, 0) is 6.42 Å². The molecular weight excluding hydrogens is 174 g/mol. The van der Waals surface area contributed by atoms with Crippen LogP contribution in [0.5, 0.6) is 5.75 Å². The zero-order chi connectivity index (χ0) is 9.80. The minimum atomic E-state index is 0.428. The van der Waals surface area contributed by atoms with Crippen LogP contribution in [0.2, 0.25) is 0 Å². The van der Waals surface area contributed by atoms with Crippen LogP contribution >= 0.6 is 0 Å². The van der Waals surface area contributed by atoms with E-state index in [1.54, 1.807) is 0 Å². The van der Waals surface area contributed by atoms with E-state index in [4.69, 9.17) is 10.00 Å². The van der Waals surface area contributed by atoms with Gasteiger partial charge in [0.25, 0.3) is 0 Å². The summed E-state index contributed by atoms with van der Waals surface area (Å²) in [6.07, 6.45) is 4.55. The fraction of sp³-hybridized carbons (Fsp3) is 0.417. The Hall–Kier alpha value is -1.49. The molecule has 0 atom stereocenters. The van der Waals surface area contributed by atoms with E-state index in [-0.39, 0.29) is 0 Å². The molecule has 2 heteroatoms. The third-order valence-corrected chi connectivity index (χ3v) is 2.56. The number of rotatable bonds is 3. The summed E-state index contributed by atoms with van der Waals surface area (Å²) in [7, 11) is 0. The molecule has 0 unspecified atom stereocenters. The van der Waals surface area contributed by atoms with Gasteiger partial charge in [-0.3, -0.25) is 0 Å². The van der Waals surface area contributed by atoms with E-state index in [2.05, 4.69) is 6.07 Å². The highest BCUT2D eigenvalue weighted by Gasteiger charge is 2.18. The van der Waals surface area contributed by atoms with Crippen molar-refractivity contribution in [3.05, 3.63) is 29.8 Å².